The quantitative estimate of drug-likeness (QED) is 0.570. The molecule has 112 valence electrons. The SMILES string of the molecule is CC(NC(=O)c1cccs1)c1nc2ccc([N+](=O)[O-])cc2[nH]1. The first kappa shape index (κ1) is 14.2. The highest BCUT2D eigenvalue weighted by molar-refractivity contribution is 7.12. The van der Waals surface area contributed by atoms with Gasteiger partial charge in [-0.05, 0) is 24.4 Å². The van der Waals surface area contributed by atoms with Gasteiger partial charge in [0.05, 0.1) is 26.9 Å². The standard InChI is InChI=1S/C14H12N4O3S/c1-8(15-14(19)12-3-2-6-22-12)13-16-10-5-4-9(18(20)21)7-11(10)17-13/h2-8H,1H3,(H,15,19)(H,16,17). The number of carbonyl (C=O) groups is 1. The highest BCUT2D eigenvalue weighted by Crippen LogP contribution is 2.21. The molecule has 7 nitrogen and oxygen atoms in total. The van der Waals surface area contributed by atoms with E-state index in [1.54, 1.807) is 19.1 Å². The minimum absolute atomic E-state index is 0.00188. The Bertz CT molecular complexity index is 841. The normalized spacial score (nSPS) is 12.2. The van der Waals surface area contributed by atoms with Crippen LogP contribution in [0.2, 0.25) is 0 Å². The highest BCUT2D eigenvalue weighted by Gasteiger charge is 2.16. The van der Waals surface area contributed by atoms with Crippen molar-refractivity contribution < 1.29 is 9.72 Å². The van der Waals surface area contributed by atoms with Gasteiger partial charge in [-0.15, -0.1) is 11.3 Å². The van der Waals surface area contributed by atoms with Crippen LogP contribution < -0.4 is 5.32 Å². The summed E-state index contributed by atoms with van der Waals surface area (Å²) in [5.41, 5.74) is 1.19. The molecular formula is C14H12N4O3S. The third kappa shape index (κ3) is 2.68. The molecule has 0 aliphatic heterocycles. The van der Waals surface area contributed by atoms with Crippen LogP contribution in [0, 0.1) is 10.1 Å². The average molecular weight is 316 g/mol. The van der Waals surface area contributed by atoms with Crippen LogP contribution >= 0.6 is 11.3 Å². The lowest BCUT2D eigenvalue weighted by Gasteiger charge is -2.10. The first-order valence-electron chi connectivity index (χ1n) is 6.53. The van der Waals surface area contributed by atoms with Gasteiger partial charge in [-0.2, -0.15) is 0 Å². The van der Waals surface area contributed by atoms with E-state index in [-0.39, 0.29) is 17.6 Å². The van der Waals surface area contributed by atoms with Gasteiger partial charge in [0.25, 0.3) is 11.6 Å². The number of thiophene rings is 1. The van der Waals surface area contributed by atoms with Crippen LogP contribution in [0.1, 0.15) is 28.5 Å². The smallest absolute Gasteiger partial charge is 0.271 e. The van der Waals surface area contributed by atoms with Crippen LogP contribution in [0.4, 0.5) is 5.69 Å². The number of fused-ring (bicyclic) bond motifs is 1. The van der Waals surface area contributed by atoms with E-state index in [2.05, 4.69) is 15.3 Å². The summed E-state index contributed by atoms with van der Waals surface area (Å²) in [5.74, 6) is 0.384. The number of nitrogens with one attached hydrogen (secondary N) is 2. The van der Waals surface area contributed by atoms with Crippen LogP contribution in [-0.2, 0) is 0 Å². The van der Waals surface area contributed by atoms with Crippen LogP contribution in [0.5, 0.6) is 0 Å². The highest BCUT2D eigenvalue weighted by atomic mass is 32.1. The number of nitrogens with zero attached hydrogens (tertiary/aromatic N) is 2. The number of aromatic amines is 1. The minimum Gasteiger partial charge on any atom is -0.342 e. The number of imidazole rings is 1. The Morgan fingerprint density at radius 3 is 2.95 bits per heavy atom. The fraction of sp³-hybridized carbons (Fsp3) is 0.143. The molecule has 3 rings (SSSR count). The van der Waals surface area contributed by atoms with Crippen molar-refractivity contribution in [2.24, 2.45) is 0 Å². The first-order chi connectivity index (χ1) is 10.5. The predicted octanol–water partition coefficient (Wildman–Crippen LogP) is 3.02. The molecule has 0 aliphatic rings. The number of aromatic nitrogens is 2. The second-order valence-corrected chi connectivity index (χ2v) is 5.70. The molecule has 0 fully saturated rings. The van der Waals surface area contributed by atoms with Crippen molar-refractivity contribution in [3.05, 3.63) is 56.5 Å². The van der Waals surface area contributed by atoms with Gasteiger partial charge < -0.3 is 10.3 Å². The second-order valence-electron chi connectivity index (χ2n) is 4.75. The summed E-state index contributed by atoms with van der Waals surface area (Å²) >= 11 is 1.36. The molecule has 0 saturated heterocycles. The van der Waals surface area contributed by atoms with Gasteiger partial charge in [0.1, 0.15) is 5.82 Å². The van der Waals surface area contributed by atoms with Crippen molar-refractivity contribution >= 4 is 34.0 Å². The molecule has 0 bridgehead atoms. The fourth-order valence-electron chi connectivity index (χ4n) is 2.08. The van der Waals surface area contributed by atoms with Crippen LogP contribution in [0.25, 0.3) is 11.0 Å². The number of rotatable bonds is 4. The molecule has 22 heavy (non-hydrogen) atoms. The van der Waals surface area contributed by atoms with E-state index >= 15 is 0 Å². The molecule has 0 spiro atoms. The number of hydrogen-bond acceptors (Lipinski definition) is 5. The Morgan fingerprint density at radius 1 is 1.45 bits per heavy atom. The third-order valence-corrected chi connectivity index (χ3v) is 4.07. The topological polar surface area (TPSA) is 101 Å². The summed E-state index contributed by atoms with van der Waals surface area (Å²) in [6.45, 7) is 1.80. The van der Waals surface area contributed by atoms with Crippen molar-refractivity contribution in [1.82, 2.24) is 15.3 Å². The van der Waals surface area contributed by atoms with E-state index < -0.39 is 4.92 Å². The van der Waals surface area contributed by atoms with Gasteiger partial charge in [-0.3, -0.25) is 14.9 Å². The number of benzene rings is 1. The lowest BCUT2D eigenvalue weighted by Crippen LogP contribution is -2.26. The summed E-state index contributed by atoms with van der Waals surface area (Å²) < 4.78 is 0. The zero-order valence-corrected chi connectivity index (χ0v) is 12.4. The van der Waals surface area contributed by atoms with Crippen LogP contribution in [0.15, 0.2) is 35.7 Å². The molecule has 1 amide bonds. The Hall–Kier alpha value is -2.74. The maximum Gasteiger partial charge on any atom is 0.271 e. The average Bonchev–Trinajstić information content (AvgIpc) is 3.15. The van der Waals surface area contributed by atoms with E-state index in [0.29, 0.717) is 21.7 Å². The maximum atomic E-state index is 12.0. The molecule has 1 unspecified atom stereocenters. The van der Waals surface area contributed by atoms with E-state index in [9.17, 15) is 14.9 Å². The number of amides is 1. The predicted molar refractivity (Wildman–Crippen MR) is 82.9 cm³/mol. The molecule has 0 saturated carbocycles. The van der Waals surface area contributed by atoms with E-state index in [1.807, 2.05) is 11.4 Å². The molecule has 1 aromatic carbocycles. The molecule has 0 aliphatic carbocycles. The summed E-state index contributed by atoms with van der Waals surface area (Å²) in [4.78, 5) is 30.3. The Kier molecular flexibility index (Phi) is 3.60. The lowest BCUT2D eigenvalue weighted by atomic mass is 10.3. The number of nitro benzene ring substituents is 1. The van der Waals surface area contributed by atoms with Gasteiger partial charge in [-0.1, -0.05) is 6.07 Å². The zero-order valence-electron chi connectivity index (χ0n) is 11.6. The molecule has 0 radical (unpaired) electrons. The number of carbonyl (C=O) groups excluding carboxylic acids is 1. The van der Waals surface area contributed by atoms with Crippen molar-refractivity contribution in [3.8, 4) is 0 Å². The van der Waals surface area contributed by atoms with E-state index in [4.69, 9.17) is 0 Å². The van der Waals surface area contributed by atoms with Crippen molar-refractivity contribution in [2.45, 2.75) is 13.0 Å². The lowest BCUT2D eigenvalue weighted by molar-refractivity contribution is -0.384. The van der Waals surface area contributed by atoms with Gasteiger partial charge in [0.15, 0.2) is 0 Å². The number of H-pyrrole nitrogens is 1. The van der Waals surface area contributed by atoms with Crippen LogP contribution in [0.3, 0.4) is 0 Å². The van der Waals surface area contributed by atoms with Crippen LogP contribution in [-0.4, -0.2) is 20.8 Å². The van der Waals surface area contributed by atoms with Crippen molar-refractivity contribution in [1.29, 1.82) is 0 Å². The zero-order chi connectivity index (χ0) is 15.7. The molecule has 2 aromatic heterocycles. The first-order valence-corrected chi connectivity index (χ1v) is 7.41. The molecule has 8 heteroatoms. The monoisotopic (exact) mass is 316 g/mol. The van der Waals surface area contributed by atoms with Gasteiger partial charge in [-0.25, -0.2) is 4.98 Å². The summed E-state index contributed by atoms with van der Waals surface area (Å²) in [6, 6.07) is 7.64. The summed E-state index contributed by atoms with van der Waals surface area (Å²) in [6.07, 6.45) is 0. The van der Waals surface area contributed by atoms with E-state index in [0.717, 1.165) is 0 Å². The molecule has 2 N–H and O–H groups in total. The second kappa shape index (κ2) is 5.57. The fourth-order valence-corrected chi connectivity index (χ4v) is 2.71. The Morgan fingerprint density at radius 2 is 2.27 bits per heavy atom. The van der Waals surface area contributed by atoms with Gasteiger partial charge in [0, 0.05) is 12.1 Å². The summed E-state index contributed by atoms with van der Waals surface area (Å²) in [5, 5.41) is 15.5. The Balaban J connectivity index is 1.83. The van der Waals surface area contributed by atoms with Gasteiger partial charge in [0.2, 0.25) is 0 Å². The number of nitro groups is 1. The largest absolute Gasteiger partial charge is 0.342 e. The van der Waals surface area contributed by atoms with Crippen molar-refractivity contribution in [2.75, 3.05) is 0 Å². The maximum absolute atomic E-state index is 12.0. The molecule has 1 atom stereocenters. The number of non-ortho nitro benzene ring substituents is 1. The van der Waals surface area contributed by atoms with Gasteiger partial charge >= 0.3 is 0 Å². The third-order valence-electron chi connectivity index (χ3n) is 3.20. The van der Waals surface area contributed by atoms with E-state index in [1.165, 1.54) is 23.5 Å². The molecule has 3 aromatic rings. The van der Waals surface area contributed by atoms with Crippen molar-refractivity contribution in [3.63, 3.8) is 0 Å². The minimum atomic E-state index is -0.456. The molecule has 2 heterocycles. The Labute approximate surface area is 129 Å². The summed E-state index contributed by atoms with van der Waals surface area (Å²) in [7, 11) is 0. The molecular weight excluding hydrogens is 304 g/mol. The number of hydrogen-bond donors (Lipinski definition) is 2.